The molecule has 94 valence electrons. The standard InChI is InChI=1S/C11H13F2NO2S/c1-2-17-6-5-14-8-3-4-9-10(7-8)16-11(12,13)15-9/h3-4,7,14H,2,5-6H2,1H3. The molecule has 0 unspecified atom stereocenters. The van der Waals surface area contributed by atoms with Crippen molar-refractivity contribution in [3.05, 3.63) is 18.2 Å². The molecule has 6 heteroatoms. The van der Waals surface area contributed by atoms with Gasteiger partial charge in [-0.25, -0.2) is 0 Å². The van der Waals surface area contributed by atoms with Crippen molar-refractivity contribution in [2.75, 3.05) is 23.4 Å². The summed E-state index contributed by atoms with van der Waals surface area (Å²) >= 11 is 1.81. The number of ether oxygens (including phenoxy) is 2. The first-order valence-corrected chi connectivity index (χ1v) is 6.48. The number of hydrogen-bond acceptors (Lipinski definition) is 4. The molecule has 0 aliphatic carbocycles. The highest BCUT2D eigenvalue weighted by atomic mass is 32.2. The zero-order valence-corrected chi connectivity index (χ0v) is 10.2. The monoisotopic (exact) mass is 261 g/mol. The summed E-state index contributed by atoms with van der Waals surface area (Å²) in [4.78, 5) is 0. The Morgan fingerprint density at radius 2 is 2.06 bits per heavy atom. The van der Waals surface area contributed by atoms with Gasteiger partial charge in [-0.3, -0.25) is 0 Å². The van der Waals surface area contributed by atoms with Crippen LogP contribution in [0, 0.1) is 0 Å². The van der Waals surface area contributed by atoms with Crippen molar-refractivity contribution in [3.8, 4) is 11.5 Å². The van der Waals surface area contributed by atoms with E-state index in [2.05, 4.69) is 21.7 Å². The number of nitrogens with one attached hydrogen (secondary N) is 1. The van der Waals surface area contributed by atoms with Crippen molar-refractivity contribution in [2.24, 2.45) is 0 Å². The van der Waals surface area contributed by atoms with Gasteiger partial charge in [0.15, 0.2) is 11.5 Å². The van der Waals surface area contributed by atoms with Crippen LogP contribution >= 0.6 is 11.8 Å². The summed E-state index contributed by atoms with van der Waals surface area (Å²) < 4.78 is 34.2. The maximum absolute atomic E-state index is 12.8. The number of rotatable bonds is 5. The van der Waals surface area contributed by atoms with Gasteiger partial charge in [-0.05, 0) is 17.9 Å². The van der Waals surface area contributed by atoms with Crippen molar-refractivity contribution in [2.45, 2.75) is 13.2 Å². The summed E-state index contributed by atoms with van der Waals surface area (Å²) in [5, 5.41) is 3.14. The van der Waals surface area contributed by atoms with Gasteiger partial charge in [0, 0.05) is 24.1 Å². The molecule has 0 amide bonds. The molecule has 1 heterocycles. The minimum atomic E-state index is -3.54. The second-order valence-electron chi connectivity index (χ2n) is 3.45. The van der Waals surface area contributed by atoms with E-state index in [1.165, 1.54) is 12.1 Å². The minimum Gasteiger partial charge on any atom is -0.395 e. The van der Waals surface area contributed by atoms with Crippen molar-refractivity contribution in [3.63, 3.8) is 0 Å². The number of benzene rings is 1. The number of thioether (sulfide) groups is 1. The van der Waals surface area contributed by atoms with E-state index < -0.39 is 6.29 Å². The van der Waals surface area contributed by atoms with E-state index in [9.17, 15) is 8.78 Å². The van der Waals surface area contributed by atoms with Gasteiger partial charge in [0.25, 0.3) is 0 Å². The van der Waals surface area contributed by atoms with E-state index in [1.54, 1.807) is 6.07 Å². The summed E-state index contributed by atoms with van der Waals surface area (Å²) in [7, 11) is 0. The fraction of sp³-hybridized carbons (Fsp3) is 0.455. The quantitative estimate of drug-likeness (QED) is 0.825. The van der Waals surface area contributed by atoms with Gasteiger partial charge in [-0.15, -0.1) is 8.78 Å². The molecule has 1 aromatic rings. The second kappa shape index (κ2) is 5.00. The van der Waals surface area contributed by atoms with Crippen LogP contribution in [0.15, 0.2) is 18.2 Å². The molecule has 3 nitrogen and oxygen atoms in total. The minimum absolute atomic E-state index is 0.0724. The molecule has 0 atom stereocenters. The highest BCUT2D eigenvalue weighted by Crippen LogP contribution is 2.42. The van der Waals surface area contributed by atoms with Gasteiger partial charge in [0.2, 0.25) is 0 Å². The molecule has 0 saturated heterocycles. The summed E-state index contributed by atoms with van der Waals surface area (Å²) in [5.74, 6) is 2.18. The third-order valence-corrected chi connectivity index (χ3v) is 3.08. The van der Waals surface area contributed by atoms with Gasteiger partial charge in [0.1, 0.15) is 0 Å². The van der Waals surface area contributed by atoms with Crippen LogP contribution in [0.1, 0.15) is 6.92 Å². The molecular formula is C11H13F2NO2S. The number of anilines is 1. The van der Waals surface area contributed by atoms with E-state index in [-0.39, 0.29) is 11.5 Å². The van der Waals surface area contributed by atoms with Crippen LogP contribution in [0.4, 0.5) is 14.5 Å². The summed E-state index contributed by atoms with van der Waals surface area (Å²) in [6.07, 6.45) is -3.54. The van der Waals surface area contributed by atoms with Gasteiger partial charge >= 0.3 is 6.29 Å². The molecule has 0 bridgehead atoms. The molecule has 1 aliphatic heterocycles. The summed E-state index contributed by atoms with van der Waals surface area (Å²) in [6, 6.07) is 4.69. The highest BCUT2D eigenvalue weighted by Gasteiger charge is 2.43. The molecule has 0 saturated carbocycles. The fourth-order valence-electron chi connectivity index (χ4n) is 1.47. The SMILES string of the molecule is CCSCCNc1ccc2c(c1)OC(F)(F)O2. The topological polar surface area (TPSA) is 30.5 Å². The van der Waals surface area contributed by atoms with Crippen molar-refractivity contribution < 1.29 is 18.3 Å². The molecule has 0 radical (unpaired) electrons. The van der Waals surface area contributed by atoms with E-state index in [0.717, 1.165) is 23.7 Å². The number of alkyl halides is 2. The summed E-state index contributed by atoms with van der Waals surface area (Å²) in [6.45, 7) is 2.88. The Kier molecular flexibility index (Phi) is 3.61. The molecule has 0 aromatic heterocycles. The third-order valence-electron chi connectivity index (χ3n) is 2.18. The van der Waals surface area contributed by atoms with E-state index >= 15 is 0 Å². The summed E-state index contributed by atoms with van der Waals surface area (Å²) in [5.41, 5.74) is 0.752. The predicted octanol–water partition coefficient (Wildman–Crippen LogP) is 3.17. The lowest BCUT2D eigenvalue weighted by Crippen LogP contribution is -2.25. The molecule has 0 spiro atoms. The second-order valence-corrected chi connectivity index (χ2v) is 4.85. The lowest BCUT2D eigenvalue weighted by Gasteiger charge is -2.06. The van der Waals surface area contributed by atoms with Crippen molar-refractivity contribution in [1.82, 2.24) is 0 Å². The van der Waals surface area contributed by atoms with Gasteiger partial charge < -0.3 is 14.8 Å². The average molecular weight is 261 g/mol. The molecule has 1 N–H and O–H groups in total. The zero-order valence-electron chi connectivity index (χ0n) is 9.33. The molecular weight excluding hydrogens is 248 g/mol. The Morgan fingerprint density at radius 1 is 1.29 bits per heavy atom. The van der Waals surface area contributed by atoms with Crippen LogP contribution in [0.5, 0.6) is 11.5 Å². The first kappa shape index (κ1) is 12.3. The van der Waals surface area contributed by atoms with Crippen LogP contribution in [-0.2, 0) is 0 Å². The van der Waals surface area contributed by atoms with Crippen LogP contribution in [0.2, 0.25) is 0 Å². The molecule has 0 fully saturated rings. The molecule has 2 rings (SSSR count). The van der Waals surface area contributed by atoms with Gasteiger partial charge in [-0.2, -0.15) is 11.8 Å². The first-order valence-electron chi connectivity index (χ1n) is 5.32. The lowest BCUT2D eigenvalue weighted by atomic mass is 10.3. The first-order chi connectivity index (χ1) is 8.11. The van der Waals surface area contributed by atoms with Crippen LogP contribution in [0.25, 0.3) is 0 Å². The average Bonchev–Trinajstić information content (AvgIpc) is 2.57. The molecule has 1 aromatic carbocycles. The predicted molar refractivity (Wildman–Crippen MR) is 64.1 cm³/mol. The lowest BCUT2D eigenvalue weighted by molar-refractivity contribution is -0.286. The smallest absolute Gasteiger partial charge is 0.395 e. The van der Waals surface area contributed by atoms with Crippen LogP contribution in [-0.4, -0.2) is 24.3 Å². The normalized spacial score (nSPS) is 15.9. The van der Waals surface area contributed by atoms with Crippen LogP contribution < -0.4 is 14.8 Å². The largest absolute Gasteiger partial charge is 0.586 e. The zero-order chi connectivity index (χ0) is 12.3. The Labute approximate surface area is 102 Å². The Bertz CT molecular complexity index is 401. The third kappa shape index (κ3) is 3.15. The number of hydrogen-bond donors (Lipinski definition) is 1. The van der Waals surface area contributed by atoms with Crippen molar-refractivity contribution in [1.29, 1.82) is 0 Å². The van der Waals surface area contributed by atoms with Gasteiger partial charge in [-0.1, -0.05) is 6.92 Å². The van der Waals surface area contributed by atoms with E-state index in [4.69, 9.17) is 0 Å². The molecule has 1 aliphatic rings. The number of halogens is 2. The van der Waals surface area contributed by atoms with Gasteiger partial charge in [0.05, 0.1) is 0 Å². The number of fused-ring (bicyclic) bond motifs is 1. The fourth-order valence-corrected chi connectivity index (χ4v) is 2.01. The highest BCUT2D eigenvalue weighted by molar-refractivity contribution is 7.99. The van der Waals surface area contributed by atoms with Crippen molar-refractivity contribution >= 4 is 17.4 Å². The maximum Gasteiger partial charge on any atom is 0.586 e. The maximum atomic E-state index is 12.8. The van der Waals surface area contributed by atoms with E-state index in [0.29, 0.717) is 0 Å². The Balaban J connectivity index is 1.94. The Hall–Kier alpha value is -1.17. The van der Waals surface area contributed by atoms with E-state index in [1.807, 2.05) is 11.8 Å². The van der Waals surface area contributed by atoms with Crippen LogP contribution in [0.3, 0.4) is 0 Å². The Morgan fingerprint density at radius 3 is 2.82 bits per heavy atom. The molecule has 17 heavy (non-hydrogen) atoms.